The average Bonchev–Trinajstić information content (AvgIpc) is 2.85. The Labute approximate surface area is 121 Å². The third-order valence-electron chi connectivity index (χ3n) is 4.40. The Morgan fingerprint density at radius 1 is 1.30 bits per heavy atom. The Kier molecular flexibility index (Phi) is 4.78. The number of carbonyl (C=O) groups excluding carboxylic acids is 1. The molecule has 1 aliphatic heterocycles. The van der Waals surface area contributed by atoms with Crippen molar-refractivity contribution in [3.8, 4) is 0 Å². The zero-order valence-corrected chi connectivity index (χ0v) is 12.5. The molecule has 110 valence electrons. The van der Waals surface area contributed by atoms with Gasteiger partial charge in [0, 0.05) is 13.1 Å². The van der Waals surface area contributed by atoms with Gasteiger partial charge in [0.05, 0.1) is 5.54 Å². The van der Waals surface area contributed by atoms with Crippen LogP contribution in [0.25, 0.3) is 0 Å². The second kappa shape index (κ2) is 6.37. The molecule has 0 radical (unpaired) electrons. The number of primary amides is 1. The van der Waals surface area contributed by atoms with Gasteiger partial charge in [-0.3, -0.25) is 9.69 Å². The number of hydrogen-bond acceptors (Lipinski definition) is 3. The lowest BCUT2D eigenvalue weighted by Crippen LogP contribution is -2.51. The van der Waals surface area contributed by atoms with Gasteiger partial charge in [0.2, 0.25) is 5.91 Å². The summed E-state index contributed by atoms with van der Waals surface area (Å²) in [6.07, 6.45) is 2.89. The van der Waals surface area contributed by atoms with Crippen LogP contribution >= 0.6 is 0 Å². The van der Waals surface area contributed by atoms with Crippen molar-refractivity contribution in [3.63, 3.8) is 0 Å². The lowest BCUT2D eigenvalue weighted by atomic mass is 9.94. The Balaban J connectivity index is 1.72. The van der Waals surface area contributed by atoms with Crippen LogP contribution in [-0.2, 0) is 17.9 Å². The van der Waals surface area contributed by atoms with Crippen LogP contribution in [0.15, 0.2) is 24.3 Å². The Morgan fingerprint density at radius 2 is 1.90 bits per heavy atom. The molecule has 1 aromatic rings. The first-order chi connectivity index (χ1) is 9.55. The number of benzene rings is 1. The van der Waals surface area contributed by atoms with Crippen LogP contribution in [0.5, 0.6) is 0 Å². The molecule has 4 nitrogen and oxygen atoms in total. The summed E-state index contributed by atoms with van der Waals surface area (Å²) in [5.41, 5.74) is 7.75. The molecule has 1 unspecified atom stereocenters. The summed E-state index contributed by atoms with van der Waals surface area (Å²) < 4.78 is 0. The highest BCUT2D eigenvalue weighted by Crippen LogP contribution is 2.22. The van der Waals surface area contributed by atoms with Gasteiger partial charge in [-0.15, -0.1) is 0 Å². The van der Waals surface area contributed by atoms with Crippen LogP contribution < -0.4 is 11.1 Å². The van der Waals surface area contributed by atoms with Crippen LogP contribution in [0.1, 0.15) is 37.3 Å². The number of carbonyl (C=O) groups is 1. The molecule has 0 bridgehead atoms. The fraction of sp³-hybridized carbons (Fsp3) is 0.562. The molecule has 1 atom stereocenters. The molecule has 20 heavy (non-hydrogen) atoms. The second-order valence-corrected chi connectivity index (χ2v) is 5.88. The van der Waals surface area contributed by atoms with E-state index in [1.165, 1.54) is 11.1 Å². The third-order valence-corrected chi connectivity index (χ3v) is 4.40. The normalized spacial score (nSPS) is 17.7. The van der Waals surface area contributed by atoms with Crippen LogP contribution in [0.4, 0.5) is 0 Å². The minimum Gasteiger partial charge on any atom is -0.368 e. The monoisotopic (exact) mass is 275 g/mol. The SMILES string of the molecule is CNC(C)(CCCCN1Cc2ccccc2C1)C(N)=O. The van der Waals surface area contributed by atoms with Gasteiger partial charge >= 0.3 is 0 Å². The maximum Gasteiger partial charge on any atom is 0.237 e. The van der Waals surface area contributed by atoms with E-state index < -0.39 is 5.54 Å². The number of nitrogens with zero attached hydrogens (tertiary/aromatic N) is 1. The molecular formula is C16H25N3O. The second-order valence-electron chi connectivity index (χ2n) is 5.88. The number of nitrogens with one attached hydrogen (secondary N) is 1. The molecule has 2 rings (SSSR count). The summed E-state index contributed by atoms with van der Waals surface area (Å²) in [6, 6.07) is 8.63. The van der Waals surface area contributed by atoms with E-state index in [1.807, 2.05) is 6.92 Å². The molecule has 3 N–H and O–H groups in total. The van der Waals surface area contributed by atoms with Gasteiger partial charge in [-0.25, -0.2) is 0 Å². The largest absolute Gasteiger partial charge is 0.368 e. The number of unbranched alkanes of at least 4 members (excludes halogenated alkanes) is 1. The Hall–Kier alpha value is -1.39. The van der Waals surface area contributed by atoms with Crippen molar-refractivity contribution in [1.29, 1.82) is 0 Å². The third kappa shape index (κ3) is 3.38. The van der Waals surface area contributed by atoms with E-state index in [4.69, 9.17) is 5.73 Å². The standard InChI is InChI=1S/C16H25N3O/c1-16(18-2,15(17)20)9-5-6-10-19-11-13-7-3-4-8-14(13)12-19/h3-4,7-8,18H,5-6,9-12H2,1-2H3,(H2,17,20). The number of nitrogens with two attached hydrogens (primary N) is 1. The number of hydrogen-bond donors (Lipinski definition) is 2. The van der Waals surface area contributed by atoms with Crippen molar-refractivity contribution < 1.29 is 4.79 Å². The van der Waals surface area contributed by atoms with E-state index in [9.17, 15) is 4.79 Å². The fourth-order valence-electron chi connectivity index (χ4n) is 2.75. The maximum atomic E-state index is 11.4. The van der Waals surface area contributed by atoms with Crippen molar-refractivity contribution >= 4 is 5.91 Å². The van der Waals surface area contributed by atoms with Crippen molar-refractivity contribution in [2.75, 3.05) is 13.6 Å². The van der Waals surface area contributed by atoms with Gasteiger partial charge in [-0.1, -0.05) is 24.3 Å². The number of amides is 1. The van der Waals surface area contributed by atoms with E-state index in [-0.39, 0.29) is 5.91 Å². The van der Waals surface area contributed by atoms with E-state index in [2.05, 4.69) is 34.5 Å². The first-order valence-electron chi connectivity index (χ1n) is 7.33. The number of likely N-dealkylation sites (N-methyl/N-ethyl adjacent to an activating group) is 1. The lowest BCUT2D eigenvalue weighted by Gasteiger charge is -2.25. The van der Waals surface area contributed by atoms with Crippen molar-refractivity contribution in [2.45, 2.75) is 44.8 Å². The summed E-state index contributed by atoms with van der Waals surface area (Å²) in [6.45, 7) is 5.05. The van der Waals surface area contributed by atoms with Crippen LogP contribution in [0, 0.1) is 0 Å². The quantitative estimate of drug-likeness (QED) is 0.744. The van der Waals surface area contributed by atoms with E-state index >= 15 is 0 Å². The highest BCUT2D eigenvalue weighted by Gasteiger charge is 2.28. The van der Waals surface area contributed by atoms with E-state index in [1.54, 1.807) is 7.05 Å². The van der Waals surface area contributed by atoms with Crippen LogP contribution in [-0.4, -0.2) is 29.9 Å². The predicted octanol–water partition coefficient (Wildman–Crippen LogP) is 1.64. The summed E-state index contributed by atoms with van der Waals surface area (Å²) in [7, 11) is 1.79. The minimum atomic E-state index is -0.575. The van der Waals surface area contributed by atoms with Crippen LogP contribution in [0.2, 0.25) is 0 Å². The zero-order chi connectivity index (χ0) is 14.6. The smallest absolute Gasteiger partial charge is 0.237 e. The van der Waals surface area contributed by atoms with Gasteiger partial charge in [0.15, 0.2) is 0 Å². The van der Waals surface area contributed by atoms with Gasteiger partial charge in [-0.2, -0.15) is 0 Å². The summed E-state index contributed by atoms with van der Waals surface area (Å²) in [4.78, 5) is 13.9. The van der Waals surface area contributed by atoms with Crippen molar-refractivity contribution in [1.82, 2.24) is 10.2 Å². The first kappa shape index (κ1) is 15.0. The Bertz CT molecular complexity index is 450. The topological polar surface area (TPSA) is 58.4 Å². The molecule has 1 heterocycles. The predicted molar refractivity (Wildman–Crippen MR) is 81.1 cm³/mol. The molecule has 0 spiro atoms. The van der Waals surface area contributed by atoms with Gasteiger partial charge in [0.25, 0.3) is 0 Å². The molecule has 0 aliphatic carbocycles. The molecule has 1 aliphatic rings. The number of rotatable bonds is 7. The fourth-order valence-corrected chi connectivity index (χ4v) is 2.75. The minimum absolute atomic E-state index is 0.270. The van der Waals surface area contributed by atoms with Crippen molar-refractivity contribution in [3.05, 3.63) is 35.4 Å². The van der Waals surface area contributed by atoms with E-state index in [0.717, 1.165) is 38.9 Å². The van der Waals surface area contributed by atoms with Gasteiger partial charge < -0.3 is 11.1 Å². The molecule has 0 saturated heterocycles. The molecule has 1 aromatic carbocycles. The highest BCUT2D eigenvalue weighted by molar-refractivity contribution is 5.84. The Morgan fingerprint density at radius 3 is 2.40 bits per heavy atom. The molecule has 0 aromatic heterocycles. The van der Waals surface area contributed by atoms with Crippen molar-refractivity contribution in [2.24, 2.45) is 5.73 Å². The first-order valence-corrected chi connectivity index (χ1v) is 7.33. The molecule has 4 heteroatoms. The highest BCUT2D eigenvalue weighted by atomic mass is 16.1. The van der Waals surface area contributed by atoms with E-state index in [0.29, 0.717) is 0 Å². The molecular weight excluding hydrogens is 250 g/mol. The summed E-state index contributed by atoms with van der Waals surface area (Å²) in [5.74, 6) is -0.270. The zero-order valence-electron chi connectivity index (χ0n) is 12.5. The van der Waals surface area contributed by atoms with Gasteiger partial charge in [0.1, 0.15) is 0 Å². The molecule has 0 fully saturated rings. The number of fused-ring (bicyclic) bond motifs is 1. The van der Waals surface area contributed by atoms with Gasteiger partial charge in [-0.05, 0) is 50.9 Å². The molecule has 1 amide bonds. The summed E-state index contributed by atoms with van der Waals surface area (Å²) in [5, 5.41) is 3.03. The maximum absolute atomic E-state index is 11.4. The lowest BCUT2D eigenvalue weighted by molar-refractivity contribution is -0.123. The summed E-state index contributed by atoms with van der Waals surface area (Å²) >= 11 is 0. The molecule has 0 saturated carbocycles. The van der Waals surface area contributed by atoms with Crippen LogP contribution in [0.3, 0.4) is 0 Å². The average molecular weight is 275 g/mol.